The smallest absolute Gasteiger partial charge is 0.229 e. The highest BCUT2D eigenvalue weighted by molar-refractivity contribution is 5.82. The molecule has 0 radical (unpaired) electrons. The normalized spacial score (nSPS) is 17.2. The Balaban J connectivity index is 2.50. The lowest BCUT2D eigenvalue weighted by molar-refractivity contribution is -0.143. The molecule has 0 aromatic heterocycles. The van der Waals surface area contributed by atoms with E-state index in [0.29, 0.717) is 38.8 Å². The molecule has 0 aromatic carbocycles. The minimum absolute atomic E-state index is 0.168. The Morgan fingerprint density at radius 3 is 2.28 bits per heavy atom. The second-order valence-electron chi connectivity index (χ2n) is 5.85. The summed E-state index contributed by atoms with van der Waals surface area (Å²) >= 11 is 0. The van der Waals surface area contributed by atoms with Crippen LogP contribution in [0.5, 0.6) is 0 Å². The summed E-state index contributed by atoms with van der Waals surface area (Å²) < 4.78 is 0. The number of amides is 2. The lowest BCUT2D eigenvalue weighted by Crippen LogP contribution is -2.53. The molecular weight excluding hydrogens is 230 g/mol. The van der Waals surface area contributed by atoms with Crippen LogP contribution >= 0.6 is 0 Å². The Morgan fingerprint density at radius 2 is 1.83 bits per heavy atom. The molecule has 1 aliphatic heterocycles. The number of carbonyl (C=O) groups is 2. The molecule has 0 saturated carbocycles. The van der Waals surface area contributed by atoms with Gasteiger partial charge in [0.2, 0.25) is 12.3 Å². The third-order valence-electron chi connectivity index (χ3n) is 3.28. The van der Waals surface area contributed by atoms with Crippen LogP contribution in [0.25, 0.3) is 0 Å². The van der Waals surface area contributed by atoms with E-state index in [-0.39, 0.29) is 5.91 Å². The molecule has 0 aliphatic carbocycles. The molecule has 2 amide bonds. The van der Waals surface area contributed by atoms with E-state index in [0.717, 1.165) is 6.41 Å². The van der Waals surface area contributed by atoms with Gasteiger partial charge < -0.3 is 15.1 Å². The quantitative estimate of drug-likeness (QED) is 0.719. The van der Waals surface area contributed by atoms with Crippen LogP contribution < -0.4 is 5.32 Å². The first-order chi connectivity index (χ1) is 8.36. The SMILES string of the molecule is CC(C)NCC(C)(C)C(=O)N1CCN(C=O)CC1. The molecule has 0 spiro atoms. The maximum absolute atomic E-state index is 12.4. The van der Waals surface area contributed by atoms with Crippen molar-refractivity contribution in [3.63, 3.8) is 0 Å². The number of nitrogens with zero attached hydrogens (tertiary/aromatic N) is 2. The van der Waals surface area contributed by atoms with Gasteiger partial charge in [-0.25, -0.2) is 0 Å². The Bertz CT molecular complexity index is 295. The molecular formula is C13H25N3O2. The number of hydrogen-bond donors (Lipinski definition) is 1. The second kappa shape index (κ2) is 6.18. The third-order valence-corrected chi connectivity index (χ3v) is 3.28. The van der Waals surface area contributed by atoms with Gasteiger partial charge in [0.25, 0.3) is 0 Å². The van der Waals surface area contributed by atoms with Crippen LogP contribution in [-0.2, 0) is 9.59 Å². The minimum Gasteiger partial charge on any atom is -0.342 e. The van der Waals surface area contributed by atoms with Crippen LogP contribution in [0, 0.1) is 5.41 Å². The summed E-state index contributed by atoms with van der Waals surface area (Å²) in [5.74, 6) is 0.168. The monoisotopic (exact) mass is 255 g/mol. The van der Waals surface area contributed by atoms with Crippen LogP contribution in [-0.4, -0.2) is 60.9 Å². The van der Waals surface area contributed by atoms with Gasteiger partial charge in [-0.1, -0.05) is 13.8 Å². The number of nitrogens with one attached hydrogen (secondary N) is 1. The maximum Gasteiger partial charge on any atom is 0.229 e. The van der Waals surface area contributed by atoms with E-state index in [9.17, 15) is 9.59 Å². The summed E-state index contributed by atoms with van der Waals surface area (Å²) in [6, 6.07) is 0.379. The van der Waals surface area contributed by atoms with E-state index in [4.69, 9.17) is 0 Å². The van der Waals surface area contributed by atoms with E-state index < -0.39 is 5.41 Å². The Morgan fingerprint density at radius 1 is 1.28 bits per heavy atom. The fourth-order valence-corrected chi connectivity index (χ4v) is 1.99. The molecule has 1 saturated heterocycles. The van der Waals surface area contributed by atoms with Gasteiger partial charge >= 0.3 is 0 Å². The summed E-state index contributed by atoms with van der Waals surface area (Å²) in [5, 5.41) is 3.31. The Labute approximate surface area is 110 Å². The van der Waals surface area contributed by atoms with Crippen molar-refractivity contribution in [2.75, 3.05) is 32.7 Å². The predicted octanol–water partition coefficient (Wildman–Crippen LogP) is 0.311. The molecule has 104 valence electrons. The summed E-state index contributed by atoms with van der Waals surface area (Å²) in [5.41, 5.74) is -0.395. The highest BCUT2D eigenvalue weighted by Gasteiger charge is 2.33. The van der Waals surface area contributed by atoms with Crippen LogP contribution in [0.15, 0.2) is 0 Å². The number of hydrogen-bond acceptors (Lipinski definition) is 3. The van der Waals surface area contributed by atoms with E-state index in [1.165, 1.54) is 0 Å². The highest BCUT2D eigenvalue weighted by Crippen LogP contribution is 2.19. The average Bonchev–Trinajstić information content (AvgIpc) is 2.36. The molecule has 1 N–H and O–H groups in total. The van der Waals surface area contributed by atoms with Crippen molar-refractivity contribution >= 4 is 12.3 Å². The predicted molar refractivity (Wildman–Crippen MR) is 71.1 cm³/mol. The van der Waals surface area contributed by atoms with Crippen LogP contribution in [0.4, 0.5) is 0 Å². The van der Waals surface area contributed by atoms with Gasteiger partial charge in [0.15, 0.2) is 0 Å². The van der Waals surface area contributed by atoms with Gasteiger partial charge in [0, 0.05) is 38.8 Å². The molecule has 5 nitrogen and oxygen atoms in total. The molecule has 0 atom stereocenters. The van der Waals surface area contributed by atoms with Crippen molar-refractivity contribution in [2.45, 2.75) is 33.7 Å². The number of carbonyl (C=O) groups excluding carboxylic acids is 2. The largest absolute Gasteiger partial charge is 0.342 e. The molecule has 1 rings (SSSR count). The van der Waals surface area contributed by atoms with Crippen molar-refractivity contribution in [1.82, 2.24) is 15.1 Å². The molecule has 1 heterocycles. The van der Waals surface area contributed by atoms with Crippen LogP contribution in [0.2, 0.25) is 0 Å². The lowest BCUT2D eigenvalue weighted by atomic mass is 9.91. The zero-order valence-corrected chi connectivity index (χ0v) is 11.9. The van der Waals surface area contributed by atoms with Crippen molar-refractivity contribution in [3.8, 4) is 0 Å². The Kier molecular flexibility index (Phi) is 5.14. The highest BCUT2D eigenvalue weighted by atomic mass is 16.2. The summed E-state index contributed by atoms with van der Waals surface area (Å²) in [4.78, 5) is 26.6. The molecule has 0 unspecified atom stereocenters. The van der Waals surface area contributed by atoms with Gasteiger partial charge in [-0.05, 0) is 13.8 Å². The molecule has 1 fully saturated rings. The fourth-order valence-electron chi connectivity index (χ4n) is 1.99. The third kappa shape index (κ3) is 3.98. The van der Waals surface area contributed by atoms with Crippen LogP contribution in [0.3, 0.4) is 0 Å². The van der Waals surface area contributed by atoms with Crippen LogP contribution in [0.1, 0.15) is 27.7 Å². The van der Waals surface area contributed by atoms with E-state index in [2.05, 4.69) is 19.2 Å². The van der Waals surface area contributed by atoms with Crippen molar-refractivity contribution in [2.24, 2.45) is 5.41 Å². The molecule has 5 heteroatoms. The van der Waals surface area contributed by atoms with Gasteiger partial charge in [-0.2, -0.15) is 0 Å². The van der Waals surface area contributed by atoms with E-state index in [1.54, 1.807) is 4.90 Å². The van der Waals surface area contributed by atoms with Gasteiger partial charge in [-0.15, -0.1) is 0 Å². The average molecular weight is 255 g/mol. The van der Waals surface area contributed by atoms with Crippen molar-refractivity contribution in [3.05, 3.63) is 0 Å². The topological polar surface area (TPSA) is 52.7 Å². The zero-order chi connectivity index (χ0) is 13.8. The summed E-state index contributed by atoms with van der Waals surface area (Å²) in [7, 11) is 0. The Hall–Kier alpha value is -1.10. The fraction of sp³-hybridized carbons (Fsp3) is 0.846. The van der Waals surface area contributed by atoms with E-state index in [1.807, 2.05) is 18.7 Å². The molecule has 0 bridgehead atoms. The van der Waals surface area contributed by atoms with Gasteiger partial charge in [0.05, 0.1) is 5.41 Å². The molecule has 1 aliphatic rings. The summed E-state index contributed by atoms with van der Waals surface area (Å²) in [6.07, 6.45) is 0.854. The number of rotatable bonds is 5. The van der Waals surface area contributed by atoms with Gasteiger partial charge in [-0.3, -0.25) is 9.59 Å². The first-order valence-electron chi connectivity index (χ1n) is 6.59. The first-order valence-corrected chi connectivity index (χ1v) is 6.59. The first kappa shape index (κ1) is 15.0. The van der Waals surface area contributed by atoms with Gasteiger partial charge in [0.1, 0.15) is 0 Å². The minimum atomic E-state index is -0.395. The van der Waals surface area contributed by atoms with Crippen molar-refractivity contribution in [1.29, 1.82) is 0 Å². The number of piperazine rings is 1. The lowest BCUT2D eigenvalue weighted by Gasteiger charge is -2.37. The molecule has 18 heavy (non-hydrogen) atoms. The second-order valence-corrected chi connectivity index (χ2v) is 5.85. The zero-order valence-electron chi connectivity index (χ0n) is 11.9. The standard InChI is InChI=1S/C13H25N3O2/c1-11(2)14-9-13(3,4)12(18)16-7-5-15(10-17)6-8-16/h10-11,14H,5-9H2,1-4H3. The van der Waals surface area contributed by atoms with E-state index >= 15 is 0 Å². The molecule has 0 aromatic rings. The summed E-state index contributed by atoms with van der Waals surface area (Å²) in [6.45, 7) is 11.3. The van der Waals surface area contributed by atoms with Crippen molar-refractivity contribution < 1.29 is 9.59 Å². The maximum atomic E-state index is 12.4.